The first-order valence-corrected chi connectivity index (χ1v) is 8.45. The maximum Gasteiger partial charge on any atom is 0.337 e. The molecule has 0 unspecified atom stereocenters. The van der Waals surface area contributed by atoms with E-state index in [4.69, 9.17) is 4.74 Å². The summed E-state index contributed by atoms with van der Waals surface area (Å²) >= 11 is 0. The third-order valence-electron chi connectivity index (χ3n) is 3.74. The minimum Gasteiger partial charge on any atom is -0.492 e. The van der Waals surface area contributed by atoms with Crippen LogP contribution < -0.4 is 15.4 Å². The molecule has 6 heteroatoms. The molecule has 0 saturated heterocycles. The van der Waals surface area contributed by atoms with Crippen molar-refractivity contribution in [2.24, 2.45) is 0 Å². The van der Waals surface area contributed by atoms with Crippen molar-refractivity contribution in [3.8, 4) is 5.75 Å². The van der Waals surface area contributed by atoms with E-state index in [9.17, 15) is 9.59 Å². The second kappa shape index (κ2) is 9.46. The van der Waals surface area contributed by atoms with E-state index in [-0.39, 0.29) is 6.03 Å². The Kier molecular flexibility index (Phi) is 7.02. The summed E-state index contributed by atoms with van der Waals surface area (Å²) in [5, 5.41) is 5.41. The highest BCUT2D eigenvalue weighted by atomic mass is 16.5. The largest absolute Gasteiger partial charge is 0.492 e. The lowest BCUT2D eigenvalue weighted by Crippen LogP contribution is -2.32. The van der Waals surface area contributed by atoms with Crippen molar-refractivity contribution in [1.82, 2.24) is 5.32 Å². The van der Waals surface area contributed by atoms with Gasteiger partial charge in [0.2, 0.25) is 0 Å². The molecule has 0 saturated carbocycles. The summed E-state index contributed by atoms with van der Waals surface area (Å²) in [6.07, 6.45) is 0. The lowest BCUT2D eigenvalue weighted by atomic mass is 10.0. The predicted molar refractivity (Wildman–Crippen MR) is 101 cm³/mol. The topological polar surface area (TPSA) is 76.7 Å². The van der Waals surface area contributed by atoms with Gasteiger partial charge in [-0.2, -0.15) is 0 Å². The Labute approximate surface area is 153 Å². The highest BCUT2D eigenvalue weighted by molar-refractivity contribution is 5.92. The quantitative estimate of drug-likeness (QED) is 0.584. The van der Waals surface area contributed by atoms with Crippen LogP contribution in [-0.4, -0.2) is 32.3 Å². The highest BCUT2D eigenvalue weighted by Gasteiger charge is 2.06. The number of rotatable bonds is 7. The second-order valence-electron chi connectivity index (χ2n) is 6.03. The monoisotopic (exact) mass is 356 g/mol. The number of carbonyl (C=O) groups is 2. The van der Waals surface area contributed by atoms with Crippen LogP contribution in [0.15, 0.2) is 48.5 Å². The van der Waals surface area contributed by atoms with Crippen molar-refractivity contribution < 1.29 is 19.1 Å². The molecule has 0 aliphatic rings. The summed E-state index contributed by atoms with van der Waals surface area (Å²) in [4.78, 5) is 23.2. The van der Waals surface area contributed by atoms with E-state index < -0.39 is 5.97 Å². The van der Waals surface area contributed by atoms with E-state index in [0.29, 0.717) is 30.3 Å². The summed E-state index contributed by atoms with van der Waals surface area (Å²) in [5.41, 5.74) is 2.22. The van der Waals surface area contributed by atoms with Crippen LogP contribution in [0.1, 0.15) is 35.7 Å². The Morgan fingerprint density at radius 3 is 2.46 bits per heavy atom. The molecule has 2 aromatic carbocycles. The lowest BCUT2D eigenvalue weighted by Gasteiger charge is -2.11. The minimum absolute atomic E-state index is 0.338. The number of methoxy groups -OCH3 is 1. The molecule has 0 heterocycles. The SMILES string of the molecule is COC(=O)c1ccc(NC(=O)NCCOc2cccc(C(C)C)c2)cc1. The van der Waals surface area contributed by atoms with Gasteiger partial charge in [-0.1, -0.05) is 26.0 Å². The van der Waals surface area contributed by atoms with Crippen molar-refractivity contribution in [3.63, 3.8) is 0 Å². The molecule has 0 bridgehead atoms. The zero-order valence-corrected chi connectivity index (χ0v) is 15.2. The van der Waals surface area contributed by atoms with E-state index in [1.54, 1.807) is 24.3 Å². The van der Waals surface area contributed by atoms with Crippen LogP contribution in [0.2, 0.25) is 0 Å². The molecule has 2 rings (SSSR count). The molecule has 2 amide bonds. The van der Waals surface area contributed by atoms with Gasteiger partial charge in [-0.3, -0.25) is 0 Å². The number of anilines is 1. The molecule has 6 nitrogen and oxygen atoms in total. The number of carbonyl (C=O) groups excluding carboxylic acids is 2. The molecule has 26 heavy (non-hydrogen) atoms. The van der Waals surface area contributed by atoms with Gasteiger partial charge in [0.25, 0.3) is 0 Å². The van der Waals surface area contributed by atoms with Gasteiger partial charge in [-0.05, 0) is 47.9 Å². The number of hydrogen-bond acceptors (Lipinski definition) is 4. The van der Waals surface area contributed by atoms with Crippen LogP contribution in [0.25, 0.3) is 0 Å². The zero-order valence-electron chi connectivity index (χ0n) is 15.2. The lowest BCUT2D eigenvalue weighted by molar-refractivity contribution is 0.0600. The predicted octanol–water partition coefficient (Wildman–Crippen LogP) is 3.80. The molecule has 0 aromatic heterocycles. The van der Waals surface area contributed by atoms with Crippen molar-refractivity contribution in [2.75, 3.05) is 25.6 Å². The fraction of sp³-hybridized carbons (Fsp3) is 0.300. The van der Waals surface area contributed by atoms with Gasteiger partial charge in [-0.25, -0.2) is 9.59 Å². The van der Waals surface area contributed by atoms with Gasteiger partial charge in [0.15, 0.2) is 0 Å². The Hall–Kier alpha value is -3.02. The Morgan fingerprint density at radius 2 is 1.81 bits per heavy atom. The smallest absolute Gasteiger partial charge is 0.337 e. The molecule has 0 radical (unpaired) electrons. The normalized spacial score (nSPS) is 10.3. The number of nitrogens with one attached hydrogen (secondary N) is 2. The van der Waals surface area contributed by atoms with Crippen LogP contribution in [0, 0.1) is 0 Å². The number of esters is 1. The Morgan fingerprint density at radius 1 is 1.08 bits per heavy atom. The van der Waals surface area contributed by atoms with E-state index in [1.165, 1.54) is 12.7 Å². The summed E-state index contributed by atoms with van der Waals surface area (Å²) in [7, 11) is 1.32. The maximum atomic E-state index is 11.9. The van der Waals surface area contributed by atoms with Gasteiger partial charge >= 0.3 is 12.0 Å². The zero-order chi connectivity index (χ0) is 18.9. The molecule has 2 N–H and O–H groups in total. The van der Waals surface area contributed by atoms with Gasteiger partial charge < -0.3 is 20.1 Å². The van der Waals surface area contributed by atoms with Gasteiger partial charge in [-0.15, -0.1) is 0 Å². The third-order valence-corrected chi connectivity index (χ3v) is 3.74. The van der Waals surface area contributed by atoms with Crippen LogP contribution in [0.4, 0.5) is 10.5 Å². The fourth-order valence-corrected chi connectivity index (χ4v) is 2.28. The fourth-order valence-electron chi connectivity index (χ4n) is 2.28. The van der Waals surface area contributed by atoms with E-state index in [2.05, 4.69) is 35.3 Å². The summed E-state index contributed by atoms with van der Waals surface area (Å²) in [6.45, 7) is 5.00. The molecule has 0 spiro atoms. The number of hydrogen-bond donors (Lipinski definition) is 2. The number of urea groups is 1. The Bertz CT molecular complexity index is 742. The number of amides is 2. The molecular formula is C20H24N2O4. The first-order chi connectivity index (χ1) is 12.5. The minimum atomic E-state index is -0.417. The molecule has 138 valence electrons. The van der Waals surface area contributed by atoms with Crippen molar-refractivity contribution in [2.45, 2.75) is 19.8 Å². The first-order valence-electron chi connectivity index (χ1n) is 8.45. The average molecular weight is 356 g/mol. The van der Waals surface area contributed by atoms with Gasteiger partial charge in [0.1, 0.15) is 12.4 Å². The highest BCUT2D eigenvalue weighted by Crippen LogP contribution is 2.19. The number of benzene rings is 2. The summed E-state index contributed by atoms with van der Waals surface area (Å²) in [5.74, 6) is 0.810. The summed E-state index contributed by atoms with van der Waals surface area (Å²) in [6, 6.07) is 14.0. The molecule has 0 fully saturated rings. The van der Waals surface area contributed by atoms with Crippen LogP contribution in [-0.2, 0) is 4.74 Å². The number of ether oxygens (including phenoxy) is 2. The van der Waals surface area contributed by atoms with Crippen molar-refractivity contribution in [1.29, 1.82) is 0 Å². The first kappa shape index (κ1) is 19.3. The van der Waals surface area contributed by atoms with E-state index >= 15 is 0 Å². The van der Waals surface area contributed by atoms with Crippen LogP contribution >= 0.6 is 0 Å². The molecule has 0 atom stereocenters. The summed E-state index contributed by atoms with van der Waals surface area (Å²) < 4.78 is 10.3. The molecule has 2 aromatic rings. The van der Waals surface area contributed by atoms with E-state index in [1.807, 2.05) is 18.2 Å². The van der Waals surface area contributed by atoms with Crippen molar-refractivity contribution in [3.05, 3.63) is 59.7 Å². The second-order valence-corrected chi connectivity index (χ2v) is 6.03. The molecule has 0 aliphatic carbocycles. The van der Waals surface area contributed by atoms with Crippen LogP contribution in [0.3, 0.4) is 0 Å². The maximum absolute atomic E-state index is 11.9. The van der Waals surface area contributed by atoms with Crippen LogP contribution in [0.5, 0.6) is 5.75 Å². The van der Waals surface area contributed by atoms with E-state index in [0.717, 1.165) is 5.75 Å². The average Bonchev–Trinajstić information content (AvgIpc) is 2.65. The molecular weight excluding hydrogens is 332 g/mol. The third kappa shape index (κ3) is 5.81. The standard InChI is InChI=1S/C20H24N2O4/c1-14(2)16-5-4-6-18(13-16)26-12-11-21-20(24)22-17-9-7-15(8-10-17)19(23)25-3/h4-10,13-14H,11-12H2,1-3H3,(H2,21,22,24). The molecule has 0 aliphatic heterocycles. The van der Waals surface area contributed by atoms with Gasteiger partial charge in [0, 0.05) is 5.69 Å². The Balaban J connectivity index is 1.73. The van der Waals surface area contributed by atoms with Crippen molar-refractivity contribution >= 4 is 17.7 Å². The van der Waals surface area contributed by atoms with Gasteiger partial charge in [0.05, 0.1) is 19.2 Å².